The summed E-state index contributed by atoms with van der Waals surface area (Å²) in [6.07, 6.45) is 4.13. The Labute approximate surface area is 108 Å². The van der Waals surface area contributed by atoms with Crippen LogP contribution in [0.15, 0.2) is 0 Å². The first kappa shape index (κ1) is 15.0. The van der Waals surface area contributed by atoms with Crippen molar-refractivity contribution >= 4 is 0 Å². The molecular formula is C15H32N2. The van der Waals surface area contributed by atoms with Crippen molar-refractivity contribution < 1.29 is 0 Å². The van der Waals surface area contributed by atoms with E-state index < -0.39 is 0 Å². The summed E-state index contributed by atoms with van der Waals surface area (Å²) >= 11 is 0. The molecular weight excluding hydrogens is 208 g/mol. The maximum Gasteiger partial charge on any atom is 0.0119 e. The second-order valence-electron chi connectivity index (χ2n) is 6.81. The summed E-state index contributed by atoms with van der Waals surface area (Å²) < 4.78 is 0. The summed E-state index contributed by atoms with van der Waals surface area (Å²) in [5.74, 6) is 0. The molecule has 0 aliphatic heterocycles. The van der Waals surface area contributed by atoms with Gasteiger partial charge in [0.25, 0.3) is 0 Å². The third-order valence-corrected chi connectivity index (χ3v) is 4.34. The van der Waals surface area contributed by atoms with E-state index in [2.05, 4.69) is 51.8 Å². The monoisotopic (exact) mass is 240 g/mol. The Kier molecular flexibility index (Phi) is 5.46. The number of nitrogens with one attached hydrogen (secondary N) is 1. The fourth-order valence-electron chi connectivity index (χ4n) is 3.19. The predicted molar refractivity (Wildman–Crippen MR) is 76.4 cm³/mol. The highest BCUT2D eigenvalue weighted by Gasteiger charge is 2.33. The van der Waals surface area contributed by atoms with E-state index >= 15 is 0 Å². The molecule has 0 heterocycles. The number of hydrogen-bond acceptors (Lipinski definition) is 2. The molecule has 1 aliphatic rings. The van der Waals surface area contributed by atoms with E-state index in [0.29, 0.717) is 17.5 Å². The van der Waals surface area contributed by atoms with Gasteiger partial charge in [0.2, 0.25) is 0 Å². The average Bonchev–Trinajstić information content (AvgIpc) is 2.51. The molecule has 0 radical (unpaired) electrons. The number of rotatable bonds is 6. The Morgan fingerprint density at radius 1 is 1.18 bits per heavy atom. The van der Waals surface area contributed by atoms with Crippen LogP contribution >= 0.6 is 0 Å². The average molecular weight is 240 g/mol. The molecule has 0 spiro atoms. The van der Waals surface area contributed by atoms with Crippen molar-refractivity contribution in [3.63, 3.8) is 0 Å². The van der Waals surface area contributed by atoms with Crippen LogP contribution in [0.25, 0.3) is 0 Å². The molecule has 1 fully saturated rings. The van der Waals surface area contributed by atoms with Crippen molar-refractivity contribution in [3.05, 3.63) is 0 Å². The zero-order chi connectivity index (χ0) is 13.1. The summed E-state index contributed by atoms with van der Waals surface area (Å²) in [7, 11) is 0. The van der Waals surface area contributed by atoms with Crippen molar-refractivity contribution in [1.29, 1.82) is 0 Å². The van der Waals surface area contributed by atoms with Crippen LogP contribution in [0.3, 0.4) is 0 Å². The summed E-state index contributed by atoms with van der Waals surface area (Å²) in [6, 6.07) is 2.02. The van der Waals surface area contributed by atoms with Gasteiger partial charge >= 0.3 is 0 Å². The fourth-order valence-corrected chi connectivity index (χ4v) is 3.19. The van der Waals surface area contributed by atoms with Crippen LogP contribution in [0, 0.1) is 5.41 Å². The summed E-state index contributed by atoms with van der Waals surface area (Å²) in [5.41, 5.74) is 0.500. The van der Waals surface area contributed by atoms with Crippen LogP contribution in [0.4, 0.5) is 0 Å². The van der Waals surface area contributed by atoms with E-state index in [1.165, 1.54) is 25.8 Å². The van der Waals surface area contributed by atoms with Crippen LogP contribution in [0.5, 0.6) is 0 Å². The smallest absolute Gasteiger partial charge is 0.0119 e. The Balaban J connectivity index is 2.31. The lowest BCUT2D eigenvalue weighted by atomic mass is 9.87. The van der Waals surface area contributed by atoms with Crippen molar-refractivity contribution in [1.82, 2.24) is 10.2 Å². The molecule has 17 heavy (non-hydrogen) atoms. The van der Waals surface area contributed by atoms with Gasteiger partial charge < -0.3 is 5.32 Å². The minimum Gasteiger partial charge on any atom is -0.312 e. The lowest BCUT2D eigenvalue weighted by Gasteiger charge is -2.33. The summed E-state index contributed by atoms with van der Waals surface area (Å²) in [5, 5.41) is 3.77. The minimum absolute atomic E-state index is 0.500. The molecule has 0 bridgehead atoms. The van der Waals surface area contributed by atoms with E-state index in [-0.39, 0.29) is 0 Å². The molecule has 1 N–H and O–H groups in total. The van der Waals surface area contributed by atoms with Gasteiger partial charge in [-0.15, -0.1) is 0 Å². The van der Waals surface area contributed by atoms with Gasteiger partial charge in [-0.3, -0.25) is 4.90 Å². The maximum absolute atomic E-state index is 3.77. The third kappa shape index (κ3) is 4.26. The van der Waals surface area contributed by atoms with E-state index in [0.717, 1.165) is 12.6 Å². The van der Waals surface area contributed by atoms with Crippen LogP contribution in [0.1, 0.15) is 60.8 Å². The van der Waals surface area contributed by atoms with E-state index in [1.807, 2.05) is 0 Å². The Morgan fingerprint density at radius 3 is 2.18 bits per heavy atom. The second kappa shape index (κ2) is 6.19. The Bertz CT molecular complexity index is 211. The van der Waals surface area contributed by atoms with Gasteiger partial charge in [0.15, 0.2) is 0 Å². The van der Waals surface area contributed by atoms with Crippen LogP contribution in [-0.2, 0) is 0 Å². The second-order valence-corrected chi connectivity index (χ2v) is 6.81. The van der Waals surface area contributed by atoms with E-state index in [9.17, 15) is 0 Å². The van der Waals surface area contributed by atoms with E-state index in [1.54, 1.807) is 0 Å². The predicted octanol–water partition coefficient (Wildman–Crippen LogP) is 3.27. The van der Waals surface area contributed by atoms with Crippen LogP contribution < -0.4 is 5.32 Å². The van der Waals surface area contributed by atoms with Crippen LogP contribution in [-0.4, -0.2) is 36.1 Å². The third-order valence-electron chi connectivity index (χ3n) is 4.34. The molecule has 2 heteroatoms. The van der Waals surface area contributed by atoms with Gasteiger partial charge in [-0.25, -0.2) is 0 Å². The molecule has 0 amide bonds. The molecule has 102 valence electrons. The highest BCUT2D eigenvalue weighted by Crippen LogP contribution is 2.36. The number of nitrogens with zero attached hydrogens (tertiary/aromatic N) is 1. The van der Waals surface area contributed by atoms with Crippen LogP contribution in [0.2, 0.25) is 0 Å². The zero-order valence-corrected chi connectivity index (χ0v) is 12.7. The van der Waals surface area contributed by atoms with Gasteiger partial charge in [-0.1, -0.05) is 20.3 Å². The van der Waals surface area contributed by atoms with Crippen molar-refractivity contribution in [2.45, 2.75) is 78.9 Å². The molecule has 0 aromatic rings. The molecule has 0 saturated heterocycles. The van der Waals surface area contributed by atoms with Gasteiger partial charge in [0.05, 0.1) is 0 Å². The van der Waals surface area contributed by atoms with Gasteiger partial charge in [-0.2, -0.15) is 0 Å². The first-order valence-corrected chi connectivity index (χ1v) is 7.33. The SMILES string of the molecule is CC(C)N(CCNC1CCCC1(C)C)C(C)C. The molecule has 1 unspecified atom stereocenters. The van der Waals surface area contributed by atoms with Gasteiger partial charge in [0.1, 0.15) is 0 Å². The molecule has 1 saturated carbocycles. The highest BCUT2D eigenvalue weighted by atomic mass is 15.2. The molecule has 0 aromatic carbocycles. The highest BCUT2D eigenvalue weighted by molar-refractivity contribution is 4.90. The molecule has 1 atom stereocenters. The van der Waals surface area contributed by atoms with Crippen molar-refractivity contribution in [2.24, 2.45) is 5.41 Å². The molecule has 1 aliphatic carbocycles. The molecule has 0 aromatic heterocycles. The molecule has 1 rings (SSSR count). The normalized spacial score (nSPS) is 24.2. The van der Waals surface area contributed by atoms with Crippen molar-refractivity contribution in [2.75, 3.05) is 13.1 Å². The topological polar surface area (TPSA) is 15.3 Å². The fraction of sp³-hybridized carbons (Fsp3) is 1.00. The first-order chi connectivity index (χ1) is 7.84. The first-order valence-electron chi connectivity index (χ1n) is 7.33. The number of hydrogen-bond donors (Lipinski definition) is 1. The largest absolute Gasteiger partial charge is 0.312 e. The standard InChI is InChI=1S/C15H32N2/c1-12(2)17(13(3)4)11-10-16-14-8-7-9-15(14,5)6/h12-14,16H,7-11H2,1-6H3. The lowest BCUT2D eigenvalue weighted by Crippen LogP contribution is -2.45. The van der Waals surface area contributed by atoms with Gasteiger partial charge in [-0.05, 0) is 46.0 Å². The Morgan fingerprint density at radius 2 is 1.76 bits per heavy atom. The van der Waals surface area contributed by atoms with E-state index in [4.69, 9.17) is 0 Å². The summed E-state index contributed by atoms with van der Waals surface area (Å²) in [4.78, 5) is 2.56. The molecule has 2 nitrogen and oxygen atoms in total. The lowest BCUT2D eigenvalue weighted by molar-refractivity contribution is 0.168. The Hall–Kier alpha value is -0.0800. The minimum atomic E-state index is 0.500. The zero-order valence-electron chi connectivity index (χ0n) is 12.7. The van der Waals surface area contributed by atoms with Crippen molar-refractivity contribution in [3.8, 4) is 0 Å². The maximum atomic E-state index is 3.77. The van der Waals surface area contributed by atoms with Gasteiger partial charge in [0, 0.05) is 31.2 Å². The quantitative estimate of drug-likeness (QED) is 0.766. The summed E-state index contributed by atoms with van der Waals surface area (Å²) in [6.45, 7) is 16.3.